The molecule has 0 fully saturated rings. The Morgan fingerprint density at radius 3 is 2.41 bits per heavy atom. The maximum atomic E-state index is 12.7. The van der Waals surface area contributed by atoms with Gasteiger partial charge in [0.15, 0.2) is 0 Å². The van der Waals surface area contributed by atoms with Gasteiger partial charge in [0.25, 0.3) is 0 Å². The normalized spacial score (nSPS) is 17.6. The molecule has 27 heavy (non-hydrogen) atoms. The molecular formula is C19H24F2N2O4. The highest BCUT2D eigenvalue weighted by molar-refractivity contribution is 5.91. The molecule has 2 unspecified atom stereocenters. The van der Waals surface area contributed by atoms with Gasteiger partial charge in [0.1, 0.15) is 12.1 Å². The third kappa shape index (κ3) is 5.48. The van der Waals surface area contributed by atoms with Gasteiger partial charge < -0.3 is 15.3 Å². The first-order chi connectivity index (χ1) is 12.7. The largest absolute Gasteiger partial charge is 0.480 e. The average Bonchev–Trinajstić information content (AvgIpc) is 2.58. The van der Waals surface area contributed by atoms with E-state index in [9.17, 15) is 23.2 Å². The fourth-order valence-electron chi connectivity index (χ4n) is 3.15. The molecule has 1 aromatic carbocycles. The Bertz CT molecular complexity index is 709. The molecule has 2 atom stereocenters. The maximum absolute atomic E-state index is 12.7. The summed E-state index contributed by atoms with van der Waals surface area (Å²) in [5, 5.41) is 11.3. The Balaban J connectivity index is 2.24. The number of hydrogen-bond acceptors (Lipinski definition) is 3. The average molecular weight is 382 g/mol. The van der Waals surface area contributed by atoms with E-state index in [1.165, 1.54) is 4.90 Å². The highest BCUT2D eigenvalue weighted by Crippen LogP contribution is 2.25. The van der Waals surface area contributed by atoms with Crippen molar-refractivity contribution >= 4 is 17.8 Å². The van der Waals surface area contributed by atoms with Gasteiger partial charge in [-0.1, -0.05) is 38.1 Å². The molecule has 0 spiro atoms. The standard InChI is InChI=1S/C19H24F2N2O4/c1-11(2)7-17(24)23-10-13-6-4-3-5-12(13)8-15(23)18(25)22-14(19(26)27)9-16(20)21/h3-6,11,14-16H,7-10H2,1-2H3,(H,22,25)(H,26,27). The number of carbonyl (C=O) groups excluding carboxylic acids is 2. The molecule has 2 rings (SSSR count). The number of alkyl halides is 2. The molecule has 1 aromatic rings. The summed E-state index contributed by atoms with van der Waals surface area (Å²) in [6, 6.07) is 4.75. The summed E-state index contributed by atoms with van der Waals surface area (Å²) in [6.45, 7) is 3.99. The molecule has 8 heteroatoms. The van der Waals surface area contributed by atoms with Crippen LogP contribution in [-0.2, 0) is 27.3 Å². The van der Waals surface area contributed by atoms with Crippen LogP contribution in [0.5, 0.6) is 0 Å². The Morgan fingerprint density at radius 1 is 1.22 bits per heavy atom. The van der Waals surface area contributed by atoms with E-state index in [4.69, 9.17) is 5.11 Å². The molecule has 2 amide bonds. The van der Waals surface area contributed by atoms with Crippen LogP contribution in [0, 0.1) is 5.92 Å². The number of aliphatic carboxylic acids is 1. The summed E-state index contributed by atoms with van der Waals surface area (Å²) in [5.74, 6) is -2.39. The predicted octanol–water partition coefficient (Wildman–Crippen LogP) is 2.21. The van der Waals surface area contributed by atoms with Crippen molar-refractivity contribution < 1.29 is 28.3 Å². The van der Waals surface area contributed by atoms with Crippen molar-refractivity contribution in [2.45, 2.75) is 58.2 Å². The molecule has 0 bridgehead atoms. The van der Waals surface area contributed by atoms with Gasteiger partial charge in [0.05, 0.1) is 0 Å². The molecule has 0 saturated heterocycles. The molecule has 0 aliphatic carbocycles. The van der Waals surface area contributed by atoms with E-state index in [1.54, 1.807) is 0 Å². The minimum absolute atomic E-state index is 0.0870. The molecule has 0 saturated carbocycles. The van der Waals surface area contributed by atoms with E-state index in [2.05, 4.69) is 5.32 Å². The minimum atomic E-state index is -2.86. The van der Waals surface area contributed by atoms with E-state index in [0.717, 1.165) is 11.1 Å². The number of benzene rings is 1. The van der Waals surface area contributed by atoms with Crippen LogP contribution < -0.4 is 5.32 Å². The lowest BCUT2D eigenvalue weighted by molar-refractivity contribution is -0.146. The second kappa shape index (κ2) is 8.92. The fraction of sp³-hybridized carbons (Fsp3) is 0.526. The van der Waals surface area contributed by atoms with Crippen molar-refractivity contribution in [3.05, 3.63) is 35.4 Å². The number of amides is 2. The first-order valence-corrected chi connectivity index (χ1v) is 8.86. The predicted molar refractivity (Wildman–Crippen MR) is 94.1 cm³/mol. The van der Waals surface area contributed by atoms with Gasteiger partial charge in [-0.05, 0) is 17.0 Å². The summed E-state index contributed by atoms with van der Waals surface area (Å²) in [5.41, 5.74) is 1.80. The highest BCUT2D eigenvalue weighted by atomic mass is 19.3. The number of carboxylic acids is 1. The van der Waals surface area contributed by atoms with Crippen LogP contribution in [0.3, 0.4) is 0 Å². The minimum Gasteiger partial charge on any atom is -0.480 e. The lowest BCUT2D eigenvalue weighted by Gasteiger charge is -2.37. The zero-order valence-electron chi connectivity index (χ0n) is 15.3. The van der Waals surface area contributed by atoms with Crippen LogP contribution in [-0.4, -0.2) is 46.3 Å². The van der Waals surface area contributed by atoms with Crippen molar-refractivity contribution in [2.75, 3.05) is 0 Å². The van der Waals surface area contributed by atoms with Crippen LogP contribution >= 0.6 is 0 Å². The van der Waals surface area contributed by atoms with Gasteiger partial charge in [0.2, 0.25) is 18.2 Å². The van der Waals surface area contributed by atoms with Gasteiger partial charge in [-0.2, -0.15) is 0 Å². The molecule has 2 N–H and O–H groups in total. The Morgan fingerprint density at radius 2 is 1.85 bits per heavy atom. The van der Waals surface area contributed by atoms with Gasteiger partial charge >= 0.3 is 5.97 Å². The van der Waals surface area contributed by atoms with Crippen molar-refractivity contribution in [3.8, 4) is 0 Å². The smallest absolute Gasteiger partial charge is 0.326 e. The Labute approximate surface area is 156 Å². The summed E-state index contributed by atoms with van der Waals surface area (Å²) in [7, 11) is 0. The third-order valence-corrected chi connectivity index (χ3v) is 4.48. The number of halogens is 2. The van der Waals surface area contributed by atoms with Crippen LogP contribution in [0.1, 0.15) is 37.8 Å². The molecular weight excluding hydrogens is 358 g/mol. The summed E-state index contributed by atoms with van der Waals surface area (Å²) >= 11 is 0. The quantitative estimate of drug-likeness (QED) is 0.757. The number of nitrogens with one attached hydrogen (secondary N) is 1. The first kappa shape index (κ1) is 20.8. The molecule has 1 heterocycles. The van der Waals surface area contributed by atoms with Crippen LogP contribution in [0.4, 0.5) is 8.78 Å². The van der Waals surface area contributed by atoms with Crippen molar-refractivity contribution in [1.82, 2.24) is 10.2 Å². The van der Waals surface area contributed by atoms with Gasteiger partial charge in [-0.15, -0.1) is 0 Å². The lowest BCUT2D eigenvalue weighted by Crippen LogP contribution is -2.55. The SMILES string of the molecule is CC(C)CC(=O)N1Cc2ccccc2CC1C(=O)NC(CC(F)F)C(=O)O. The van der Waals surface area contributed by atoms with Crippen LogP contribution in [0.25, 0.3) is 0 Å². The Hall–Kier alpha value is -2.51. The van der Waals surface area contributed by atoms with Gasteiger partial charge in [0, 0.05) is 25.8 Å². The van der Waals surface area contributed by atoms with Crippen LogP contribution in [0.2, 0.25) is 0 Å². The van der Waals surface area contributed by atoms with E-state index < -0.39 is 36.8 Å². The molecule has 6 nitrogen and oxygen atoms in total. The lowest BCUT2D eigenvalue weighted by atomic mass is 9.92. The molecule has 0 radical (unpaired) electrons. The van der Waals surface area contributed by atoms with E-state index in [0.29, 0.717) is 0 Å². The second-order valence-electron chi connectivity index (χ2n) is 7.13. The first-order valence-electron chi connectivity index (χ1n) is 8.86. The maximum Gasteiger partial charge on any atom is 0.326 e. The topological polar surface area (TPSA) is 86.7 Å². The summed E-state index contributed by atoms with van der Waals surface area (Å²) in [4.78, 5) is 37.9. The molecule has 0 aromatic heterocycles. The highest BCUT2D eigenvalue weighted by Gasteiger charge is 2.36. The van der Waals surface area contributed by atoms with E-state index >= 15 is 0 Å². The summed E-state index contributed by atoms with van der Waals surface area (Å²) in [6.07, 6.45) is -3.39. The van der Waals surface area contributed by atoms with Gasteiger partial charge in [-0.3, -0.25) is 9.59 Å². The number of nitrogens with zero attached hydrogens (tertiary/aromatic N) is 1. The molecule has 1 aliphatic rings. The zero-order chi connectivity index (χ0) is 20.1. The van der Waals surface area contributed by atoms with E-state index in [1.807, 2.05) is 38.1 Å². The summed E-state index contributed by atoms with van der Waals surface area (Å²) < 4.78 is 25.2. The fourth-order valence-corrected chi connectivity index (χ4v) is 3.15. The number of fused-ring (bicyclic) bond motifs is 1. The number of rotatable bonds is 7. The number of carbonyl (C=O) groups is 3. The molecule has 1 aliphatic heterocycles. The van der Waals surface area contributed by atoms with Crippen molar-refractivity contribution in [2.24, 2.45) is 5.92 Å². The van der Waals surface area contributed by atoms with Gasteiger partial charge in [-0.25, -0.2) is 13.6 Å². The van der Waals surface area contributed by atoms with Crippen molar-refractivity contribution in [1.29, 1.82) is 0 Å². The van der Waals surface area contributed by atoms with Crippen molar-refractivity contribution in [3.63, 3.8) is 0 Å². The zero-order valence-corrected chi connectivity index (χ0v) is 15.3. The number of hydrogen-bond donors (Lipinski definition) is 2. The van der Waals surface area contributed by atoms with E-state index in [-0.39, 0.29) is 31.2 Å². The monoisotopic (exact) mass is 382 g/mol. The third-order valence-electron chi connectivity index (χ3n) is 4.48. The number of carboxylic acid groups (broad SMARTS) is 1. The molecule has 148 valence electrons. The van der Waals surface area contributed by atoms with Crippen LogP contribution in [0.15, 0.2) is 24.3 Å². The second-order valence-corrected chi connectivity index (χ2v) is 7.13. The Kier molecular flexibility index (Phi) is 6.87.